The van der Waals surface area contributed by atoms with Gasteiger partial charge in [-0.05, 0) is 36.5 Å². The van der Waals surface area contributed by atoms with Crippen LogP contribution in [0, 0.1) is 14.9 Å². The molecule has 0 bridgehead atoms. The van der Waals surface area contributed by atoms with Crippen molar-refractivity contribution in [3.05, 3.63) is 74.8 Å². The van der Waals surface area contributed by atoms with Gasteiger partial charge >= 0.3 is 5.69 Å². The molecule has 0 aliphatic rings. The normalized spacial score (nSPS) is 10.9. The van der Waals surface area contributed by atoms with Crippen molar-refractivity contribution < 1.29 is 14.4 Å². The van der Waals surface area contributed by atoms with Crippen molar-refractivity contribution in [3.63, 3.8) is 0 Å². The van der Waals surface area contributed by atoms with Crippen LogP contribution >= 0.6 is 12.2 Å². The predicted octanol–water partition coefficient (Wildman–Crippen LogP) is 3.32. The Kier molecular flexibility index (Phi) is 5.57. The Hall–Kier alpha value is -3.53. The molecule has 0 saturated heterocycles. The zero-order valence-corrected chi connectivity index (χ0v) is 15.0. The second-order valence-corrected chi connectivity index (χ2v) is 5.68. The highest BCUT2D eigenvalue weighted by molar-refractivity contribution is 7.71. The lowest BCUT2D eigenvalue weighted by atomic mass is 10.2. The number of aromatic amines is 1. The van der Waals surface area contributed by atoms with E-state index in [0.29, 0.717) is 17.1 Å². The highest BCUT2D eigenvalue weighted by Crippen LogP contribution is 2.26. The molecule has 0 saturated carbocycles. The molecular weight excluding hydrogens is 370 g/mol. The Balaban J connectivity index is 1.81. The number of methoxy groups -OCH3 is 1. The first kappa shape index (κ1) is 18.3. The van der Waals surface area contributed by atoms with E-state index in [4.69, 9.17) is 21.7 Å². The van der Waals surface area contributed by atoms with Gasteiger partial charge in [0.05, 0.1) is 18.2 Å². The highest BCUT2D eigenvalue weighted by Gasteiger charge is 2.14. The molecule has 9 nitrogen and oxygen atoms in total. The van der Waals surface area contributed by atoms with Gasteiger partial charge in [0.1, 0.15) is 12.4 Å². The number of H-pyrrole nitrogens is 1. The number of rotatable bonds is 7. The zero-order valence-electron chi connectivity index (χ0n) is 14.2. The highest BCUT2D eigenvalue weighted by atomic mass is 32.1. The number of benzene rings is 2. The number of para-hydroxylation sites is 1. The van der Waals surface area contributed by atoms with Crippen molar-refractivity contribution in [2.75, 3.05) is 7.11 Å². The molecule has 0 fully saturated rings. The maximum absolute atomic E-state index is 11.1. The molecule has 3 rings (SSSR count). The van der Waals surface area contributed by atoms with Crippen molar-refractivity contribution >= 4 is 24.1 Å². The minimum atomic E-state index is -0.515. The van der Waals surface area contributed by atoms with E-state index in [2.05, 4.69) is 15.3 Å². The molecule has 1 N–H and O–H groups in total. The van der Waals surface area contributed by atoms with Crippen LogP contribution in [0.15, 0.2) is 53.6 Å². The molecule has 1 heterocycles. The number of nitro groups is 1. The van der Waals surface area contributed by atoms with Gasteiger partial charge in [0.15, 0.2) is 11.6 Å². The fourth-order valence-electron chi connectivity index (χ4n) is 2.26. The van der Waals surface area contributed by atoms with Gasteiger partial charge < -0.3 is 9.47 Å². The molecule has 27 heavy (non-hydrogen) atoms. The topological polar surface area (TPSA) is 108 Å². The number of hydrogen-bond donors (Lipinski definition) is 1. The molecule has 1 aromatic heterocycles. The Morgan fingerprint density at radius 3 is 2.81 bits per heavy atom. The fraction of sp³-hybridized carbons (Fsp3) is 0.118. The van der Waals surface area contributed by atoms with Crippen LogP contribution in [0.4, 0.5) is 5.69 Å². The van der Waals surface area contributed by atoms with Gasteiger partial charge in [-0.2, -0.15) is 14.9 Å². The smallest absolute Gasteiger partial charge is 0.311 e. The summed E-state index contributed by atoms with van der Waals surface area (Å²) in [6, 6.07) is 13.8. The third kappa shape index (κ3) is 4.36. The first-order valence-electron chi connectivity index (χ1n) is 7.79. The second kappa shape index (κ2) is 8.23. The summed E-state index contributed by atoms with van der Waals surface area (Å²) in [4.78, 5) is 10.6. The number of nitro benzene ring substituents is 1. The van der Waals surface area contributed by atoms with E-state index in [-0.39, 0.29) is 22.8 Å². The van der Waals surface area contributed by atoms with E-state index in [9.17, 15) is 10.1 Å². The molecule has 0 aliphatic heterocycles. The lowest BCUT2D eigenvalue weighted by molar-refractivity contribution is -0.385. The first-order chi connectivity index (χ1) is 13.1. The van der Waals surface area contributed by atoms with E-state index in [1.807, 2.05) is 30.3 Å². The number of hydrogen-bond acceptors (Lipinski definition) is 7. The second-order valence-electron chi connectivity index (χ2n) is 5.29. The molecule has 0 amide bonds. The molecule has 0 aliphatic carbocycles. The summed E-state index contributed by atoms with van der Waals surface area (Å²) < 4.78 is 12.3. The molecule has 138 valence electrons. The summed E-state index contributed by atoms with van der Waals surface area (Å²) in [6.07, 6.45) is 1.45. The SMILES string of the molecule is COc1ccc(/C=N\n2c(COc3ccccc3)n[nH]c2=S)cc1[N+](=O)[O-]. The summed E-state index contributed by atoms with van der Waals surface area (Å²) in [5.74, 6) is 1.32. The molecule has 10 heteroatoms. The number of nitrogens with one attached hydrogen (secondary N) is 1. The van der Waals surface area contributed by atoms with Crippen molar-refractivity contribution in [2.24, 2.45) is 5.10 Å². The van der Waals surface area contributed by atoms with Crippen LogP contribution < -0.4 is 9.47 Å². The maximum Gasteiger partial charge on any atom is 0.311 e. The average molecular weight is 385 g/mol. The van der Waals surface area contributed by atoms with Gasteiger partial charge in [-0.3, -0.25) is 10.1 Å². The zero-order chi connectivity index (χ0) is 19.2. The van der Waals surface area contributed by atoms with E-state index < -0.39 is 4.92 Å². The Morgan fingerprint density at radius 2 is 2.11 bits per heavy atom. The van der Waals surface area contributed by atoms with E-state index in [0.717, 1.165) is 0 Å². The molecule has 2 aromatic carbocycles. The van der Waals surface area contributed by atoms with E-state index in [1.165, 1.54) is 30.1 Å². The predicted molar refractivity (Wildman–Crippen MR) is 101 cm³/mol. The van der Waals surface area contributed by atoms with E-state index in [1.54, 1.807) is 6.07 Å². The number of aromatic nitrogens is 3. The van der Waals surface area contributed by atoms with Gasteiger partial charge in [0.25, 0.3) is 0 Å². The molecule has 0 spiro atoms. The van der Waals surface area contributed by atoms with Crippen LogP contribution in [0.1, 0.15) is 11.4 Å². The lowest BCUT2D eigenvalue weighted by Crippen LogP contribution is -2.04. The summed E-state index contributed by atoms with van der Waals surface area (Å²) >= 11 is 5.17. The molecule has 0 unspecified atom stereocenters. The van der Waals surface area contributed by atoms with Crippen molar-refractivity contribution in [1.29, 1.82) is 0 Å². The molecule has 0 radical (unpaired) electrons. The Morgan fingerprint density at radius 1 is 1.33 bits per heavy atom. The summed E-state index contributed by atoms with van der Waals surface area (Å²) in [5, 5.41) is 22.1. The lowest BCUT2D eigenvalue weighted by Gasteiger charge is -2.05. The van der Waals surface area contributed by atoms with Crippen molar-refractivity contribution in [2.45, 2.75) is 6.61 Å². The average Bonchev–Trinajstić information content (AvgIpc) is 3.04. The molecule has 3 aromatic rings. The standard InChI is InChI=1S/C17H15N5O4S/c1-25-15-8-7-12(9-14(15)22(23)24)10-18-21-16(19-20-17(21)27)11-26-13-5-3-2-4-6-13/h2-10H,11H2,1H3,(H,20,27)/b18-10-. The van der Waals surface area contributed by atoms with Gasteiger partial charge in [0, 0.05) is 11.6 Å². The molecular formula is C17H15N5O4S. The van der Waals surface area contributed by atoms with Gasteiger partial charge in [-0.1, -0.05) is 18.2 Å². The van der Waals surface area contributed by atoms with Crippen LogP contribution in [0.5, 0.6) is 11.5 Å². The fourth-order valence-corrected chi connectivity index (χ4v) is 2.45. The van der Waals surface area contributed by atoms with Gasteiger partial charge in [0.2, 0.25) is 4.77 Å². The largest absolute Gasteiger partial charge is 0.490 e. The minimum absolute atomic E-state index is 0.148. The number of nitrogens with zero attached hydrogens (tertiary/aromatic N) is 4. The summed E-state index contributed by atoms with van der Waals surface area (Å²) in [7, 11) is 1.37. The summed E-state index contributed by atoms with van der Waals surface area (Å²) in [5.41, 5.74) is 0.366. The minimum Gasteiger partial charge on any atom is -0.490 e. The first-order valence-corrected chi connectivity index (χ1v) is 8.20. The van der Waals surface area contributed by atoms with Crippen LogP contribution in [-0.4, -0.2) is 33.1 Å². The number of ether oxygens (including phenoxy) is 2. The maximum atomic E-state index is 11.1. The van der Waals surface area contributed by atoms with Gasteiger partial charge in [-0.25, -0.2) is 5.10 Å². The Labute approximate surface area is 159 Å². The van der Waals surface area contributed by atoms with Crippen molar-refractivity contribution in [1.82, 2.24) is 14.9 Å². The van der Waals surface area contributed by atoms with Crippen molar-refractivity contribution in [3.8, 4) is 11.5 Å². The van der Waals surface area contributed by atoms with Crippen LogP contribution in [-0.2, 0) is 6.61 Å². The quantitative estimate of drug-likeness (QED) is 0.289. The summed E-state index contributed by atoms with van der Waals surface area (Å²) in [6.45, 7) is 0.150. The Bertz CT molecular complexity index is 1030. The van der Waals surface area contributed by atoms with Crippen LogP contribution in [0.25, 0.3) is 0 Å². The van der Waals surface area contributed by atoms with Gasteiger partial charge in [-0.15, -0.1) is 0 Å². The monoisotopic (exact) mass is 385 g/mol. The van der Waals surface area contributed by atoms with Crippen LogP contribution in [0.2, 0.25) is 0 Å². The third-order valence-corrected chi connectivity index (χ3v) is 3.81. The third-order valence-electron chi connectivity index (χ3n) is 3.55. The van der Waals surface area contributed by atoms with Crippen LogP contribution in [0.3, 0.4) is 0 Å². The van der Waals surface area contributed by atoms with E-state index >= 15 is 0 Å². The molecule has 0 atom stereocenters.